The Morgan fingerprint density at radius 2 is 0.867 bits per heavy atom. The number of hydrogen-bond donors (Lipinski definition) is 2. The van der Waals surface area contributed by atoms with Crippen molar-refractivity contribution in [2.75, 3.05) is 0 Å². The molecule has 3 aromatic rings. The number of carboxylic acids is 2. The second-order valence-corrected chi connectivity index (χ2v) is 5.78. The number of hydrogen-bond acceptors (Lipinski definition) is 4. The molecule has 0 radical (unpaired) electrons. The summed E-state index contributed by atoms with van der Waals surface area (Å²) >= 11 is 0. The zero-order valence-electron chi connectivity index (χ0n) is 14.7. The van der Waals surface area contributed by atoms with E-state index in [9.17, 15) is 27.2 Å². The highest BCUT2D eigenvalue weighted by Crippen LogP contribution is 2.41. The zero-order chi connectivity index (χ0) is 22.0. The molecule has 3 rings (SSSR count). The number of ether oxygens (including phenoxy) is 2. The molecular weight excluding hydrogens is 412 g/mol. The van der Waals surface area contributed by atoms with E-state index in [0.717, 1.165) is 48.5 Å². The molecule has 0 spiro atoms. The third kappa shape index (κ3) is 4.02. The molecule has 0 aliphatic rings. The van der Waals surface area contributed by atoms with E-state index in [1.165, 1.54) is 0 Å². The Labute approximate surface area is 165 Å². The Morgan fingerprint density at radius 3 is 1.13 bits per heavy atom. The number of benzene rings is 3. The fourth-order valence-electron chi connectivity index (χ4n) is 2.34. The van der Waals surface area contributed by atoms with Gasteiger partial charge in [0.1, 0.15) is 11.5 Å². The molecule has 2 N–H and O–H groups in total. The van der Waals surface area contributed by atoms with E-state index in [1.807, 2.05) is 0 Å². The van der Waals surface area contributed by atoms with Gasteiger partial charge in [0, 0.05) is 0 Å². The van der Waals surface area contributed by atoms with Gasteiger partial charge in [-0.25, -0.2) is 18.4 Å². The van der Waals surface area contributed by atoms with Crippen LogP contribution in [0.2, 0.25) is 0 Å². The van der Waals surface area contributed by atoms with Crippen LogP contribution in [0.3, 0.4) is 0 Å². The summed E-state index contributed by atoms with van der Waals surface area (Å²) < 4.78 is 66.2. The minimum absolute atomic E-state index is 0.130. The lowest BCUT2D eigenvalue weighted by Crippen LogP contribution is -2.04. The fraction of sp³-hybridized carbons (Fsp3) is 0. The third-order valence-corrected chi connectivity index (χ3v) is 3.83. The number of rotatable bonds is 6. The second kappa shape index (κ2) is 8.11. The van der Waals surface area contributed by atoms with Gasteiger partial charge in [0.05, 0.1) is 11.1 Å². The minimum atomic E-state index is -2.14. The smallest absolute Gasteiger partial charge is 0.335 e. The molecule has 0 saturated heterocycles. The zero-order valence-corrected chi connectivity index (χ0v) is 14.7. The topological polar surface area (TPSA) is 93.1 Å². The molecule has 0 aliphatic heterocycles. The number of carboxylic acid groups (broad SMARTS) is 2. The SMILES string of the molecule is O=C(O)c1ccc(Oc2c(F)c(F)c(F)c(F)c2Oc2ccc(C(=O)O)cc2)cc1. The first-order valence-electron chi connectivity index (χ1n) is 8.07. The Balaban J connectivity index is 2.03. The van der Waals surface area contributed by atoms with Crippen LogP contribution in [0.15, 0.2) is 48.5 Å². The number of aromatic carboxylic acids is 2. The van der Waals surface area contributed by atoms with Crippen LogP contribution in [-0.2, 0) is 0 Å². The lowest BCUT2D eigenvalue weighted by Gasteiger charge is -2.15. The van der Waals surface area contributed by atoms with Crippen LogP contribution in [0, 0.1) is 23.3 Å². The van der Waals surface area contributed by atoms with Gasteiger partial charge < -0.3 is 19.7 Å². The van der Waals surface area contributed by atoms with E-state index in [2.05, 4.69) is 0 Å². The molecular formula is C20H10F4O6. The largest absolute Gasteiger partial charge is 0.478 e. The van der Waals surface area contributed by atoms with Crippen LogP contribution in [0.1, 0.15) is 20.7 Å². The maximum Gasteiger partial charge on any atom is 0.335 e. The van der Waals surface area contributed by atoms with Gasteiger partial charge in [-0.1, -0.05) is 0 Å². The fourth-order valence-corrected chi connectivity index (χ4v) is 2.34. The average molecular weight is 422 g/mol. The molecule has 30 heavy (non-hydrogen) atoms. The predicted molar refractivity (Wildman–Crippen MR) is 93.2 cm³/mol. The highest BCUT2D eigenvalue weighted by molar-refractivity contribution is 5.88. The third-order valence-electron chi connectivity index (χ3n) is 3.83. The Kier molecular flexibility index (Phi) is 5.58. The number of carbonyl (C=O) groups is 2. The van der Waals surface area contributed by atoms with Gasteiger partial charge in [0.15, 0.2) is 0 Å². The summed E-state index contributed by atoms with van der Waals surface area (Å²) in [6.07, 6.45) is 0. The van der Waals surface area contributed by atoms with Crippen molar-refractivity contribution in [3.05, 3.63) is 82.9 Å². The molecule has 10 heteroatoms. The maximum absolute atomic E-state index is 14.3. The highest BCUT2D eigenvalue weighted by atomic mass is 19.2. The predicted octanol–water partition coefficient (Wildman–Crippen LogP) is 5.22. The summed E-state index contributed by atoms with van der Waals surface area (Å²) in [5.74, 6) is -13.2. The lowest BCUT2D eigenvalue weighted by atomic mass is 10.2. The summed E-state index contributed by atoms with van der Waals surface area (Å²) in [4.78, 5) is 21.8. The summed E-state index contributed by atoms with van der Waals surface area (Å²) in [5.41, 5.74) is -0.261. The average Bonchev–Trinajstić information content (AvgIpc) is 2.73. The second-order valence-electron chi connectivity index (χ2n) is 5.78. The molecule has 0 atom stereocenters. The van der Waals surface area contributed by atoms with Crippen molar-refractivity contribution in [3.63, 3.8) is 0 Å². The van der Waals surface area contributed by atoms with E-state index >= 15 is 0 Å². The van der Waals surface area contributed by atoms with E-state index in [0.29, 0.717) is 0 Å². The normalized spacial score (nSPS) is 10.5. The molecule has 3 aromatic carbocycles. The monoisotopic (exact) mass is 422 g/mol. The summed E-state index contributed by atoms with van der Waals surface area (Å²) in [6, 6.07) is 8.74. The molecule has 0 aliphatic carbocycles. The molecule has 0 saturated carbocycles. The molecule has 0 fully saturated rings. The Bertz CT molecular complexity index is 1040. The first-order chi connectivity index (χ1) is 14.2. The molecule has 6 nitrogen and oxygen atoms in total. The van der Waals surface area contributed by atoms with Gasteiger partial charge in [0.25, 0.3) is 0 Å². The minimum Gasteiger partial charge on any atom is -0.478 e. The highest BCUT2D eigenvalue weighted by Gasteiger charge is 2.29. The first-order valence-corrected chi connectivity index (χ1v) is 8.07. The molecule has 0 amide bonds. The van der Waals surface area contributed by atoms with Crippen molar-refractivity contribution in [1.29, 1.82) is 0 Å². The van der Waals surface area contributed by atoms with E-state index in [4.69, 9.17) is 19.7 Å². The lowest BCUT2D eigenvalue weighted by molar-refractivity contribution is 0.0686. The quantitative estimate of drug-likeness (QED) is 0.321. The van der Waals surface area contributed by atoms with Crippen LogP contribution < -0.4 is 9.47 Å². The van der Waals surface area contributed by atoms with Crippen molar-refractivity contribution in [2.24, 2.45) is 0 Å². The number of halogens is 4. The van der Waals surface area contributed by atoms with Crippen LogP contribution >= 0.6 is 0 Å². The van der Waals surface area contributed by atoms with Gasteiger partial charge in [-0.05, 0) is 48.5 Å². The van der Waals surface area contributed by atoms with Crippen LogP contribution in [0.4, 0.5) is 17.6 Å². The van der Waals surface area contributed by atoms with Crippen LogP contribution in [0.25, 0.3) is 0 Å². The van der Waals surface area contributed by atoms with Crippen molar-refractivity contribution in [2.45, 2.75) is 0 Å². The molecule has 0 unspecified atom stereocenters. The molecule has 154 valence electrons. The van der Waals surface area contributed by atoms with Crippen molar-refractivity contribution >= 4 is 11.9 Å². The summed E-state index contributed by atoms with van der Waals surface area (Å²) in [7, 11) is 0. The van der Waals surface area contributed by atoms with Crippen molar-refractivity contribution in [1.82, 2.24) is 0 Å². The van der Waals surface area contributed by atoms with E-state index in [1.54, 1.807) is 0 Å². The van der Waals surface area contributed by atoms with Crippen LogP contribution in [-0.4, -0.2) is 22.2 Å². The summed E-state index contributed by atoms with van der Waals surface area (Å²) in [6.45, 7) is 0. The maximum atomic E-state index is 14.3. The Hall–Kier alpha value is -4.08. The van der Waals surface area contributed by atoms with E-state index in [-0.39, 0.29) is 22.6 Å². The van der Waals surface area contributed by atoms with Crippen molar-refractivity contribution < 1.29 is 46.8 Å². The molecule has 0 heterocycles. The Morgan fingerprint density at radius 1 is 0.567 bits per heavy atom. The van der Waals surface area contributed by atoms with Crippen LogP contribution in [0.5, 0.6) is 23.0 Å². The van der Waals surface area contributed by atoms with Crippen molar-refractivity contribution in [3.8, 4) is 23.0 Å². The molecule has 0 bridgehead atoms. The van der Waals surface area contributed by atoms with Gasteiger partial charge in [-0.2, -0.15) is 8.78 Å². The molecule has 0 aromatic heterocycles. The summed E-state index contributed by atoms with van der Waals surface area (Å²) in [5, 5.41) is 17.8. The standard InChI is InChI=1S/C20H10F4O6/c21-13-14(22)16(24)18(30-12-7-3-10(4-8-12)20(27)28)17(15(13)23)29-11-5-1-9(2-6-11)19(25)26/h1-8H,(H,25,26)(H,27,28). The van der Waals surface area contributed by atoms with E-state index < -0.39 is 46.7 Å². The van der Waals surface area contributed by atoms with Gasteiger partial charge in [-0.3, -0.25) is 0 Å². The van der Waals surface area contributed by atoms with Gasteiger partial charge in [0.2, 0.25) is 34.8 Å². The van der Waals surface area contributed by atoms with Gasteiger partial charge in [-0.15, -0.1) is 0 Å². The van der Waals surface area contributed by atoms with Gasteiger partial charge >= 0.3 is 11.9 Å². The first kappa shape index (κ1) is 20.6.